The summed E-state index contributed by atoms with van der Waals surface area (Å²) in [4.78, 5) is 4.51. The monoisotopic (exact) mass is 378 g/mol. The van der Waals surface area contributed by atoms with Gasteiger partial charge in [-0.15, -0.1) is 24.0 Å². The maximum Gasteiger partial charge on any atom is 0.191 e. The number of halogens is 1. The Morgan fingerprint density at radius 3 is 2.79 bits per heavy atom. The second-order valence-corrected chi connectivity index (χ2v) is 4.80. The van der Waals surface area contributed by atoms with Gasteiger partial charge < -0.3 is 15.2 Å². The molecule has 1 aromatic rings. The lowest BCUT2D eigenvalue weighted by molar-refractivity contribution is 0.379. The summed E-state index contributed by atoms with van der Waals surface area (Å²) in [5.74, 6) is 2.43. The van der Waals surface area contributed by atoms with Crippen molar-refractivity contribution in [3.05, 3.63) is 17.5 Å². The summed E-state index contributed by atoms with van der Waals surface area (Å²) in [6, 6.07) is 2.54. The second kappa shape index (κ2) is 7.72. The number of nitrogens with one attached hydrogen (secondary N) is 2. The van der Waals surface area contributed by atoms with Crippen molar-refractivity contribution in [3.8, 4) is 0 Å². The minimum absolute atomic E-state index is 0. The van der Waals surface area contributed by atoms with Gasteiger partial charge in [-0.3, -0.25) is 0 Å². The lowest BCUT2D eigenvalue weighted by Gasteiger charge is -2.09. The smallest absolute Gasteiger partial charge is 0.191 e. The highest BCUT2D eigenvalue weighted by Crippen LogP contribution is 2.28. The first kappa shape index (κ1) is 16.3. The Bertz CT molecular complexity index is 419. The highest BCUT2D eigenvalue weighted by Gasteiger charge is 2.33. The van der Waals surface area contributed by atoms with Crippen LogP contribution in [0.5, 0.6) is 0 Å². The van der Waals surface area contributed by atoms with E-state index in [1.807, 2.05) is 6.07 Å². The van der Waals surface area contributed by atoms with Gasteiger partial charge in [0, 0.05) is 18.7 Å². The Morgan fingerprint density at radius 1 is 1.53 bits per heavy atom. The van der Waals surface area contributed by atoms with Gasteiger partial charge >= 0.3 is 0 Å². The number of hydrogen-bond donors (Lipinski definition) is 2. The fourth-order valence-corrected chi connectivity index (χ4v) is 1.77. The Kier molecular flexibility index (Phi) is 6.60. The predicted molar refractivity (Wildman–Crippen MR) is 86.8 cm³/mol. The number of guanidine groups is 1. The molecule has 1 saturated carbocycles. The Hall–Kier alpha value is -0.790. The maximum atomic E-state index is 5.21. The Morgan fingerprint density at radius 2 is 2.26 bits per heavy atom. The number of hydrogen-bond acceptors (Lipinski definition) is 3. The molecule has 0 saturated heterocycles. The molecule has 0 spiro atoms. The summed E-state index contributed by atoms with van der Waals surface area (Å²) in [7, 11) is 0. The third-order valence-corrected chi connectivity index (χ3v) is 3.14. The average Bonchev–Trinajstić information content (AvgIpc) is 2.89. The minimum Gasteiger partial charge on any atom is -0.359 e. The van der Waals surface area contributed by atoms with Crippen LogP contribution in [-0.2, 0) is 13.0 Å². The molecule has 0 aromatic carbocycles. The van der Waals surface area contributed by atoms with E-state index in [9.17, 15) is 0 Å². The molecular formula is C13H23IN4O. The zero-order chi connectivity index (χ0) is 13.0. The third-order valence-electron chi connectivity index (χ3n) is 3.14. The topological polar surface area (TPSA) is 62.5 Å². The van der Waals surface area contributed by atoms with Gasteiger partial charge in [-0.05, 0) is 25.7 Å². The summed E-state index contributed by atoms with van der Waals surface area (Å²) in [5.41, 5.74) is 0.981. The highest BCUT2D eigenvalue weighted by molar-refractivity contribution is 14.0. The molecule has 2 N–H and O–H groups in total. The zero-order valence-corrected chi connectivity index (χ0v) is 14.1. The number of aryl methyl sites for hydroxylation is 1. The van der Waals surface area contributed by atoms with Crippen LogP contribution in [0.3, 0.4) is 0 Å². The standard InChI is InChI=1S/C13H22N4O.HI/c1-4-10-7-11(18-17-10)8-15-13(14-5-2)16-12-6-9(12)3;/h7,9,12H,4-6,8H2,1-3H3,(H2,14,15,16);1H. The minimum atomic E-state index is 0. The third kappa shape index (κ3) is 5.00. The SMILES string of the molecule is CCNC(=NCc1cc(CC)no1)NC1CC1C.I. The number of rotatable bonds is 5. The second-order valence-electron chi connectivity index (χ2n) is 4.80. The van der Waals surface area contributed by atoms with Gasteiger partial charge in [-0.1, -0.05) is 19.0 Å². The van der Waals surface area contributed by atoms with E-state index in [2.05, 4.69) is 41.6 Å². The first-order valence-electron chi connectivity index (χ1n) is 6.72. The molecule has 1 aromatic heterocycles. The van der Waals surface area contributed by atoms with E-state index >= 15 is 0 Å². The van der Waals surface area contributed by atoms with Crippen molar-refractivity contribution in [3.63, 3.8) is 0 Å². The van der Waals surface area contributed by atoms with Gasteiger partial charge in [0.2, 0.25) is 0 Å². The van der Waals surface area contributed by atoms with Gasteiger partial charge in [0.25, 0.3) is 0 Å². The van der Waals surface area contributed by atoms with E-state index < -0.39 is 0 Å². The lowest BCUT2D eigenvalue weighted by atomic mass is 10.3. The van der Waals surface area contributed by atoms with Crippen LogP contribution in [0.15, 0.2) is 15.6 Å². The molecule has 1 fully saturated rings. The number of aliphatic imine (C=N–C) groups is 1. The molecule has 2 atom stereocenters. The molecule has 0 aliphatic heterocycles. The molecule has 0 amide bonds. The quantitative estimate of drug-likeness (QED) is 0.469. The van der Waals surface area contributed by atoms with Gasteiger partial charge in [-0.2, -0.15) is 0 Å². The van der Waals surface area contributed by atoms with Crippen molar-refractivity contribution < 1.29 is 4.52 Å². The van der Waals surface area contributed by atoms with E-state index in [1.54, 1.807) is 0 Å². The van der Waals surface area contributed by atoms with Gasteiger partial charge in [0.1, 0.15) is 6.54 Å². The van der Waals surface area contributed by atoms with Crippen molar-refractivity contribution in [1.29, 1.82) is 0 Å². The summed E-state index contributed by atoms with van der Waals surface area (Å²) in [5, 5.41) is 10.6. The van der Waals surface area contributed by atoms with E-state index in [0.717, 1.165) is 36.3 Å². The summed E-state index contributed by atoms with van der Waals surface area (Å²) < 4.78 is 5.21. The van der Waals surface area contributed by atoms with Crippen LogP contribution in [0.1, 0.15) is 38.6 Å². The molecule has 0 bridgehead atoms. The first-order valence-corrected chi connectivity index (χ1v) is 6.72. The molecule has 1 aliphatic rings. The summed E-state index contributed by atoms with van der Waals surface area (Å²) in [6.45, 7) is 7.76. The van der Waals surface area contributed by atoms with Crippen molar-refractivity contribution in [1.82, 2.24) is 15.8 Å². The first-order chi connectivity index (χ1) is 8.72. The van der Waals surface area contributed by atoms with Crippen molar-refractivity contribution in [2.75, 3.05) is 6.54 Å². The van der Waals surface area contributed by atoms with Gasteiger partial charge in [-0.25, -0.2) is 4.99 Å². The maximum absolute atomic E-state index is 5.21. The molecular weight excluding hydrogens is 355 g/mol. The molecule has 19 heavy (non-hydrogen) atoms. The molecule has 108 valence electrons. The predicted octanol–water partition coefficient (Wildman–Crippen LogP) is 2.32. The van der Waals surface area contributed by atoms with E-state index in [0.29, 0.717) is 12.6 Å². The molecule has 1 aliphatic carbocycles. The summed E-state index contributed by atoms with van der Waals surface area (Å²) in [6.07, 6.45) is 2.12. The van der Waals surface area contributed by atoms with E-state index in [1.165, 1.54) is 6.42 Å². The normalized spacial score (nSPS) is 21.7. The molecule has 2 rings (SSSR count). The van der Waals surface area contributed by atoms with Crippen LogP contribution in [-0.4, -0.2) is 23.7 Å². The molecule has 5 nitrogen and oxygen atoms in total. The largest absolute Gasteiger partial charge is 0.359 e. The molecule has 0 radical (unpaired) electrons. The van der Waals surface area contributed by atoms with Crippen molar-refractivity contribution in [2.24, 2.45) is 10.9 Å². The Balaban J connectivity index is 0.00000180. The van der Waals surface area contributed by atoms with Crippen LogP contribution >= 0.6 is 24.0 Å². The fraction of sp³-hybridized carbons (Fsp3) is 0.692. The van der Waals surface area contributed by atoms with Crippen LogP contribution in [0.25, 0.3) is 0 Å². The molecule has 1 heterocycles. The fourth-order valence-electron chi connectivity index (χ4n) is 1.77. The number of nitrogens with zero attached hydrogens (tertiary/aromatic N) is 2. The zero-order valence-electron chi connectivity index (χ0n) is 11.8. The Labute approximate surface area is 131 Å². The lowest BCUT2D eigenvalue weighted by Crippen LogP contribution is -2.39. The van der Waals surface area contributed by atoms with Crippen LogP contribution in [0.4, 0.5) is 0 Å². The van der Waals surface area contributed by atoms with Gasteiger partial charge in [0.05, 0.1) is 5.69 Å². The highest BCUT2D eigenvalue weighted by atomic mass is 127. The molecule has 6 heteroatoms. The molecule has 2 unspecified atom stereocenters. The van der Waals surface area contributed by atoms with Crippen molar-refractivity contribution >= 4 is 29.9 Å². The van der Waals surface area contributed by atoms with Crippen molar-refractivity contribution in [2.45, 2.75) is 46.2 Å². The van der Waals surface area contributed by atoms with Crippen LogP contribution < -0.4 is 10.6 Å². The van der Waals surface area contributed by atoms with Gasteiger partial charge in [0.15, 0.2) is 11.7 Å². The number of aromatic nitrogens is 1. The van der Waals surface area contributed by atoms with Crippen LogP contribution in [0, 0.1) is 5.92 Å². The average molecular weight is 378 g/mol. The van der Waals surface area contributed by atoms with E-state index in [4.69, 9.17) is 4.52 Å². The summed E-state index contributed by atoms with van der Waals surface area (Å²) >= 11 is 0. The van der Waals surface area contributed by atoms with Crippen LogP contribution in [0.2, 0.25) is 0 Å². The van der Waals surface area contributed by atoms with E-state index in [-0.39, 0.29) is 24.0 Å².